The molecule has 1 heterocycles. The molecule has 5 nitrogen and oxygen atoms in total. The number of rotatable bonds is 5. The van der Waals surface area contributed by atoms with Crippen molar-refractivity contribution in [1.82, 2.24) is 9.88 Å². The molecule has 5 heteroatoms. The number of hydrogen-bond donors (Lipinski definition) is 1. The van der Waals surface area contributed by atoms with Gasteiger partial charge in [-0.1, -0.05) is 30.3 Å². The molecule has 2 aromatic carbocycles. The quantitative estimate of drug-likeness (QED) is 0.744. The van der Waals surface area contributed by atoms with Gasteiger partial charge in [0.2, 0.25) is 0 Å². The summed E-state index contributed by atoms with van der Waals surface area (Å²) in [5.74, 6) is -0.245. The van der Waals surface area contributed by atoms with E-state index in [2.05, 4.69) is 10.3 Å². The molecule has 3 rings (SSSR count). The van der Waals surface area contributed by atoms with E-state index >= 15 is 0 Å². The summed E-state index contributed by atoms with van der Waals surface area (Å²) in [4.78, 5) is 30.6. The molecule has 27 heavy (non-hydrogen) atoms. The third-order valence-electron chi connectivity index (χ3n) is 4.49. The number of carbonyl (C=O) groups excluding carboxylic acids is 2. The highest BCUT2D eigenvalue weighted by molar-refractivity contribution is 6.04. The van der Waals surface area contributed by atoms with E-state index in [1.165, 1.54) is 0 Å². The van der Waals surface area contributed by atoms with E-state index in [1.54, 1.807) is 48.6 Å². The summed E-state index contributed by atoms with van der Waals surface area (Å²) in [6.07, 6.45) is 3.21. The minimum absolute atomic E-state index is 0.0800. The Labute approximate surface area is 158 Å². The third kappa shape index (κ3) is 4.39. The topological polar surface area (TPSA) is 62.3 Å². The molecule has 136 valence electrons. The van der Waals surface area contributed by atoms with Crippen LogP contribution in [0.3, 0.4) is 0 Å². The number of nitrogens with one attached hydrogen (secondary N) is 1. The zero-order valence-corrected chi connectivity index (χ0v) is 15.3. The average molecular weight is 359 g/mol. The molecular formula is C22H21N3O2. The molecule has 0 unspecified atom stereocenters. The Morgan fingerprint density at radius 1 is 0.926 bits per heavy atom. The molecule has 0 aliphatic heterocycles. The van der Waals surface area contributed by atoms with E-state index in [1.807, 2.05) is 49.4 Å². The Balaban J connectivity index is 1.74. The zero-order chi connectivity index (χ0) is 19.2. The molecule has 1 atom stereocenters. The Morgan fingerprint density at radius 3 is 2.33 bits per heavy atom. The van der Waals surface area contributed by atoms with Gasteiger partial charge in [-0.3, -0.25) is 14.6 Å². The molecule has 0 fully saturated rings. The fourth-order valence-corrected chi connectivity index (χ4v) is 2.77. The maximum atomic E-state index is 12.6. The number of nitrogens with zero attached hydrogens (tertiary/aromatic N) is 2. The number of amides is 2. The largest absolute Gasteiger partial charge is 0.335 e. The van der Waals surface area contributed by atoms with Gasteiger partial charge in [-0.25, -0.2) is 0 Å². The minimum atomic E-state index is -0.165. The summed E-state index contributed by atoms with van der Waals surface area (Å²) >= 11 is 0. The molecule has 2 amide bonds. The van der Waals surface area contributed by atoms with Crippen molar-refractivity contribution in [3.63, 3.8) is 0 Å². The summed E-state index contributed by atoms with van der Waals surface area (Å²) in [5.41, 5.74) is 2.82. The molecule has 0 radical (unpaired) electrons. The van der Waals surface area contributed by atoms with Crippen LogP contribution in [0.2, 0.25) is 0 Å². The number of pyridine rings is 1. The second-order valence-electron chi connectivity index (χ2n) is 6.27. The van der Waals surface area contributed by atoms with Crippen LogP contribution in [-0.2, 0) is 0 Å². The first-order chi connectivity index (χ1) is 13.1. The highest BCUT2D eigenvalue weighted by Gasteiger charge is 2.19. The van der Waals surface area contributed by atoms with Gasteiger partial charge >= 0.3 is 0 Å². The summed E-state index contributed by atoms with van der Waals surface area (Å²) in [6, 6.07) is 19.8. The number of aromatic nitrogens is 1. The van der Waals surface area contributed by atoms with Crippen molar-refractivity contribution in [3.05, 3.63) is 95.8 Å². The van der Waals surface area contributed by atoms with Gasteiger partial charge < -0.3 is 10.2 Å². The first-order valence-corrected chi connectivity index (χ1v) is 8.70. The number of benzene rings is 2. The van der Waals surface area contributed by atoms with Gasteiger partial charge in [-0.15, -0.1) is 0 Å². The molecule has 3 aromatic rings. The van der Waals surface area contributed by atoms with Gasteiger partial charge in [-0.05, 0) is 48.9 Å². The van der Waals surface area contributed by atoms with Crippen LogP contribution in [0.25, 0.3) is 0 Å². The number of hydrogen-bond acceptors (Lipinski definition) is 3. The maximum absolute atomic E-state index is 12.6. The predicted molar refractivity (Wildman–Crippen MR) is 106 cm³/mol. The van der Waals surface area contributed by atoms with E-state index in [0.717, 1.165) is 5.56 Å². The van der Waals surface area contributed by atoms with Gasteiger partial charge in [0.1, 0.15) is 0 Å². The molecule has 0 bridgehead atoms. The molecule has 0 spiro atoms. The lowest BCUT2D eigenvalue weighted by Crippen LogP contribution is -2.29. The lowest BCUT2D eigenvalue weighted by molar-refractivity contribution is 0.0742. The molecular weight excluding hydrogens is 338 g/mol. The second kappa shape index (κ2) is 8.27. The van der Waals surface area contributed by atoms with E-state index in [-0.39, 0.29) is 17.9 Å². The average Bonchev–Trinajstić information content (AvgIpc) is 2.73. The molecule has 1 aromatic heterocycles. The van der Waals surface area contributed by atoms with Crippen molar-refractivity contribution < 1.29 is 9.59 Å². The summed E-state index contributed by atoms with van der Waals surface area (Å²) in [7, 11) is 1.77. The van der Waals surface area contributed by atoms with Crippen LogP contribution in [0.5, 0.6) is 0 Å². The van der Waals surface area contributed by atoms with Crippen molar-refractivity contribution in [2.24, 2.45) is 0 Å². The van der Waals surface area contributed by atoms with Crippen LogP contribution in [-0.4, -0.2) is 28.7 Å². The van der Waals surface area contributed by atoms with Gasteiger partial charge in [0, 0.05) is 36.3 Å². The van der Waals surface area contributed by atoms with Crippen molar-refractivity contribution in [1.29, 1.82) is 0 Å². The molecule has 0 aliphatic rings. The van der Waals surface area contributed by atoms with Gasteiger partial charge in [0.05, 0.1) is 6.04 Å². The monoisotopic (exact) mass is 359 g/mol. The van der Waals surface area contributed by atoms with Crippen LogP contribution < -0.4 is 5.32 Å². The summed E-state index contributed by atoms with van der Waals surface area (Å²) in [6.45, 7) is 1.96. The Bertz CT molecular complexity index is 927. The SMILES string of the molecule is C[C@H](c1cccc(NC(=O)c2ccccc2)c1)N(C)C(=O)c1ccncc1. The lowest BCUT2D eigenvalue weighted by atomic mass is 10.1. The Morgan fingerprint density at radius 2 is 1.63 bits per heavy atom. The van der Waals surface area contributed by atoms with E-state index in [0.29, 0.717) is 16.8 Å². The highest BCUT2D eigenvalue weighted by Crippen LogP contribution is 2.23. The second-order valence-corrected chi connectivity index (χ2v) is 6.27. The van der Waals surface area contributed by atoms with Crippen molar-refractivity contribution in [2.45, 2.75) is 13.0 Å². The molecule has 0 saturated heterocycles. The highest BCUT2D eigenvalue weighted by atomic mass is 16.2. The van der Waals surface area contributed by atoms with Crippen LogP contribution >= 0.6 is 0 Å². The normalized spacial score (nSPS) is 11.5. The van der Waals surface area contributed by atoms with Gasteiger partial charge in [0.15, 0.2) is 0 Å². The van der Waals surface area contributed by atoms with Crippen LogP contribution in [0, 0.1) is 0 Å². The van der Waals surface area contributed by atoms with Crippen molar-refractivity contribution in [2.75, 3.05) is 12.4 Å². The maximum Gasteiger partial charge on any atom is 0.255 e. The van der Waals surface area contributed by atoms with E-state index in [9.17, 15) is 9.59 Å². The smallest absolute Gasteiger partial charge is 0.255 e. The summed E-state index contributed by atoms with van der Waals surface area (Å²) < 4.78 is 0. The Hall–Kier alpha value is -3.47. The van der Waals surface area contributed by atoms with Crippen LogP contribution in [0.1, 0.15) is 39.2 Å². The van der Waals surface area contributed by atoms with E-state index < -0.39 is 0 Å². The molecule has 0 aliphatic carbocycles. The third-order valence-corrected chi connectivity index (χ3v) is 4.49. The number of anilines is 1. The van der Waals surface area contributed by atoms with E-state index in [4.69, 9.17) is 0 Å². The Kier molecular flexibility index (Phi) is 5.61. The standard InChI is InChI=1S/C22H21N3O2/c1-16(25(2)22(27)18-11-13-23-14-12-18)19-9-6-10-20(15-19)24-21(26)17-7-4-3-5-8-17/h3-16H,1-2H3,(H,24,26)/t16-/m1/s1. The van der Waals surface area contributed by atoms with Gasteiger partial charge in [0.25, 0.3) is 11.8 Å². The minimum Gasteiger partial charge on any atom is -0.335 e. The molecule has 0 saturated carbocycles. The van der Waals surface area contributed by atoms with Crippen LogP contribution in [0.15, 0.2) is 79.1 Å². The molecule has 1 N–H and O–H groups in total. The van der Waals surface area contributed by atoms with Crippen LogP contribution in [0.4, 0.5) is 5.69 Å². The first-order valence-electron chi connectivity index (χ1n) is 8.70. The van der Waals surface area contributed by atoms with Gasteiger partial charge in [-0.2, -0.15) is 0 Å². The van der Waals surface area contributed by atoms with Crippen molar-refractivity contribution in [3.8, 4) is 0 Å². The fourth-order valence-electron chi connectivity index (χ4n) is 2.77. The number of carbonyl (C=O) groups is 2. The van der Waals surface area contributed by atoms with Crippen molar-refractivity contribution >= 4 is 17.5 Å². The summed E-state index contributed by atoms with van der Waals surface area (Å²) in [5, 5.41) is 2.90. The lowest BCUT2D eigenvalue weighted by Gasteiger charge is -2.26. The predicted octanol–water partition coefficient (Wildman–Crippen LogP) is 4.17. The first kappa shape index (κ1) is 18.3. The zero-order valence-electron chi connectivity index (χ0n) is 15.3. The fraction of sp³-hybridized carbons (Fsp3) is 0.136.